The van der Waals surface area contributed by atoms with E-state index in [9.17, 15) is 0 Å². The van der Waals surface area contributed by atoms with Crippen LogP contribution in [-0.2, 0) is 6.54 Å². The fourth-order valence-electron chi connectivity index (χ4n) is 2.38. The third-order valence-corrected chi connectivity index (χ3v) is 4.25. The van der Waals surface area contributed by atoms with Crippen LogP contribution in [0.2, 0.25) is 0 Å². The summed E-state index contributed by atoms with van der Waals surface area (Å²) < 4.78 is 7.58. The highest BCUT2D eigenvalue weighted by Crippen LogP contribution is 2.34. The molecule has 0 aromatic carbocycles. The Bertz CT molecular complexity index is 439. The van der Waals surface area contributed by atoms with E-state index < -0.39 is 0 Å². The van der Waals surface area contributed by atoms with Crippen molar-refractivity contribution < 1.29 is 4.74 Å². The van der Waals surface area contributed by atoms with Crippen molar-refractivity contribution >= 4 is 0 Å². The molecule has 1 rings (SSSR count). The van der Waals surface area contributed by atoms with E-state index in [2.05, 4.69) is 62.3 Å². The zero-order valence-corrected chi connectivity index (χ0v) is 14.8. The smallest absolute Gasteiger partial charge is 0.161 e. The summed E-state index contributed by atoms with van der Waals surface area (Å²) >= 11 is 0. The molecule has 1 atom stereocenters. The minimum Gasteiger partial charge on any atom is -0.493 e. The Morgan fingerprint density at radius 2 is 1.95 bits per heavy atom. The molecule has 6 heteroatoms. The van der Waals surface area contributed by atoms with Gasteiger partial charge in [0.1, 0.15) is 0 Å². The molecular weight excluding hydrogens is 266 g/mol. The summed E-state index contributed by atoms with van der Waals surface area (Å²) in [6.07, 6.45) is 1.81. The SMILES string of the molecule is CNC(c1c(OC)cnn1CCN(C)C)C(C)(C)N(C)C. The van der Waals surface area contributed by atoms with Crippen LogP contribution in [0, 0.1) is 0 Å². The molecule has 21 heavy (non-hydrogen) atoms. The van der Waals surface area contributed by atoms with E-state index in [1.807, 2.05) is 11.7 Å². The maximum absolute atomic E-state index is 5.54. The Balaban J connectivity index is 3.20. The molecule has 0 radical (unpaired) electrons. The molecule has 1 aromatic rings. The molecule has 0 spiro atoms. The van der Waals surface area contributed by atoms with E-state index >= 15 is 0 Å². The molecule has 0 bridgehead atoms. The number of nitrogens with one attached hydrogen (secondary N) is 1. The molecule has 1 aromatic heterocycles. The predicted molar refractivity (Wildman–Crippen MR) is 86.9 cm³/mol. The van der Waals surface area contributed by atoms with Gasteiger partial charge in [0, 0.05) is 12.1 Å². The number of rotatable bonds is 8. The predicted octanol–water partition coefficient (Wildman–Crippen LogP) is 1.05. The zero-order chi connectivity index (χ0) is 16.2. The monoisotopic (exact) mass is 297 g/mol. The molecule has 1 unspecified atom stereocenters. The largest absolute Gasteiger partial charge is 0.493 e. The van der Waals surface area contributed by atoms with E-state index in [0.29, 0.717) is 0 Å². The number of ether oxygens (including phenoxy) is 1. The van der Waals surface area contributed by atoms with Crippen LogP contribution in [0.5, 0.6) is 5.75 Å². The van der Waals surface area contributed by atoms with E-state index in [0.717, 1.165) is 24.5 Å². The second-order valence-electron chi connectivity index (χ2n) is 6.39. The standard InChI is InChI=1S/C15H31N5O/c1-15(2,19(6)7)14(16-3)13-12(21-8)11-17-20(13)10-9-18(4)5/h11,14,16H,9-10H2,1-8H3. The van der Waals surface area contributed by atoms with Crippen molar-refractivity contribution in [1.29, 1.82) is 0 Å². The third kappa shape index (κ3) is 3.96. The molecule has 122 valence electrons. The van der Waals surface area contributed by atoms with Gasteiger partial charge < -0.3 is 19.9 Å². The van der Waals surface area contributed by atoms with Crippen LogP contribution >= 0.6 is 0 Å². The first kappa shape index (κ1) is 17.9. The van der Waals surface area contributed by atoms with Gasteiger partial charge in [-0.2, -0.15) is 5.10 Å². The van der Waals surface area contributed by atoms with Crippen molar-refractivity contribution in [2.24, 2.45) is 0 Å². The fourth-order valence-corrected chi connectivity index (χ4v) is 2.38. The lowest BCUT2D eigenvalue weighted by atomic mass is 9.90. The van der Waals surface area contributed by atoms with Gasteiger partial charge >= 0.3 is 0 Å². The molecule has 0 aliphatic heterocycles. The summed E-state index contributed by atoms with van der Waals surface area (Å²) in [5.74, 6) is 0.836. The second-order valence-corrected chi connectivity index (χ2v) is 6.39. The van der Waals surface area contributed by atoms with Crippen LogP contribution in [0.4, 0.5) is 0 Å². The topological polar surface area (TPSA) is 45.6 Å². The first-order valence-corrected chi connectivity index (χ1v) is 7.34. The number of nitrogens with zero attached hydrogens (tertiary/aromatic N) is 4. The van der Waals surface area contributed by atoms with Crippen molar-refractivity contribution in [2.75, 3.05) is 48.9 Å². The lowest BCUT2D eigenvalue weighted by molar-refractivity contribution is 0.135. The number of hydrogen-bond acceptors (Lipinski definition) is 5. The lowest BCUT2D eigenvalue weighted by Gasteiger charge is -2.40. The maximum Gasteiger partial charge on any atom is 0.161 e. The van der Waals surface area contributed by atoms with Gasteiger partial charge in [-0.05, 0) is 49.1 Å². The van der Waals surface area contributed by atoms with Crippen LogP contribution in [0.15, 0.2) is 6.20 Å². The van der Waals surface area contributed by atoms with Gasteiger partial charge in [0.05, 0.1) is 31.6 Å². The number of methoxy groups -OCH3 is 1. The Kier molecular flexibility index (Phi) is 6.19. The molecule has 6 nitrogen and oxygen atoms in total. The van der Waals surface area contributed by atoms with Crippen LogP contribution in [-0.4, -0.2) is 74.0 Å². The van der Waals surface area contributed by atoms with Gasteiger partial charge in [-0.1, -0.05) is 0 Å². The van der Waals surface area contributed by atoms with Gasteiger partial charge in [-0.3, -0.25) is 4.68 Å². The second kappa shape index (κ2) is 7.24. The normalized spacial score (nSPS) is 14.0. The lowest BCUT2D eigenvalue weighted by Crippen LogP contribution is -2.49. The minimum atomic E-state index is -0.0715. The molecule has 1 heterocycles. The minimum absolute atomic E-state index is 0.0715. The summed E-state index contributed by atoms with van der Waals surface area (Å²) in [6, 6.07) is 0.118. The average Bonchev–Trinajstić information content (AvgIpc) is 2.79. The van der Waals surface area contributed by atoms with Crippen LogP contribution in [0.25, 0.3) is 0 Å². The Hall–Kier alpha value is -1.11. The highest BCUT2D eigenvalue weighted by molar-refractivity contribution is 5.31. The molecule has 0 aliphatic carbocycles. The molecule has 0 fully saturated rings. The molecule has 1 N–H and O–H groups in total. The van der Waals surface area contributed by atoms with Gasteiger partial charge in [0.2, 0.25) is 0 Å². The molecule has 0 aliphatic rings. The van der Waals surface area contributed by atoms with Gasteiger partial charge in [-0.15, -0.1) is 0 Å². The highest BCUT2D eigenvalue weighted by Gasteiger charge is 2.36. The van der Waals surface area contributed by atoms with E-state index in [1.54, 1.807) is 13.3 Å². The molecular formula is C15H31N5O. The summed E-state index contributed by atoms with van der Waals surface area (Å²) in [5, 5.41) is 7.94. The average molecular weight is 297 g/mol. The van der Waals surface area contributed by atoms with Crippen molar-refractivity contribution in [3.8, 4) is 5.75 Å². The van der Waals surface area contributed by atoms with E-state index in [4.69, 9.17) is 4.74 Å². The summed E-state index contributed by atoms with van der Waals surface area (Å²) in [4.78, 5) is 4.38. The number of aromatic nitrogens is 2. The Morgan fingerprint density at radius 3 is 2.38 bits per heavy atom. The van der Waals surface area contributed by atoms with Gasteiger partial charge in [-0.25, -0.2) is 0 Å². The quantitative estimate of drug-likeness (QED) is 0.777. The first-order chi connectivity index (χ1) is 9.75. The number of likely N-dealkylation sites (N-methyl/N-ethyl adjacent to an activating group) is 3. The van der Waals surface area contributed by atoms with Crippen LogP contribution in [0.1, 0.15) is 25.6 Å². The Labute approximate surface area is 129 Å². The fraction of sp³-hybridized carbons (Fsp3) is 0.800. The number of hydrogen-bond donors (Lipinski definition) is 1. The van der Waals surface area contributed by atoms with Gasteiger partial charge in [0.25, 0.3) is 0 Å². The van der Waals surface area contributed by atoms with Crippen LogP contribution in [0.3, 0.4) is 0 Å². The molecule has 0 amide bonds. The summed E-state index contributed by atoms with van der Waals surface area (Å²) in [7, 11) is 12.0. The first-order valence-electron chi connectivity index (χ1n) is 7.34. The highest BCUT2D eigenvalue weighted by atomic mass is 16.5. The van der Waals surface area contributed by atoms with Gasteiger partial charge in [0.15, 0.2) is 5.75 Å². The molecule has 0 saturated carbocycles. The van der Waals surface area contributed by atoms with Crippen LogP contribution < -0.4 is 10.1 Å². The van der Waals surface area contributed by atoms with E-state index in [1.165, 1.54) is 0 Å². The maximum atomic E-state index is 5.54. The summed E-state index contributed by atoms with van der Waals surface area (Å²) in [5.41, 5.74) is 1.03. The zero-order valence-electron chi connectivity index (χ0n) is 14.8. The summed E-state index contributed by atoms with van der Waals surface area (Å²) in [6.45, 7) is 6.22. The molecule has 0 saturated heterocycles. The van der Waals surface area contributed by atoms with E-state index in [-0.39, 0.29) is 11.6 Å². The van der Waals surface area contributed by atoms with Crippen molar-refractivity contribution in [3.63, 3.8) is 0 Å². The van der Waals surface area contributed by atoms with Crippen molar-refractivity contribution in [2.45, 2.75) is 32.0 Å². The van der Waals surface area contributed by atoms with Crippen molar-refractivity contribution in [3.05, 3.63) is 11.9 Å². The third-order valence-electron chi connectivity index (χ3n) is 4.25. The Morgan fingerprint density at radius 1 is 1.33 bits per heavy atom. The van der Waals surface area contributed by atoms with Crippen molar-refractivity contribution in [1.82, 2.24) is 24.9 Å².